The molecule has 19 heavy (non-hydrogen) atoms. The molecule has 0 N–H and O–H groups in total. The van der Waals surface area contributed by atoms with Gasteiger partial charge in [0, 0.05) is 12.4 Å². The van der Waals surface area contributed by atoms with E-state index in [0.717, 1.165) is 12.2 Å². The summed E-state index contributed by atoms with van der Waals surface area (Å²) in [6.45, 7) is 0. The minimum Gasteiger partial charge on any atom is -0.497 e. The summed E-state index contributed by atoms with van der Waals surface area (Å²) in [5.74, 6) is 1.61. The fraction of sp³-hybridized carbons (Fsp3) is 0.353. The number of aromatic nitrogens is 1. The Hall–Kier alpha value is -1.83. The topological polar surface area (TPSA) is 22.1 Å². The van der Waals surface area contributed by atoms with E-state index in [9.17, 15) is 0 Å². The molecule has 98 valence electrons. The van der Waals surface area contributed by atoms with Crippen molar-refractivity contribution in [2.24, 2.45) is 0 Å². The number of rotatable bonds is 3. The second kappa shape index (κ2) is 5.43. The molecule has 0 saturated carbocycles. The van der Waals surface area contributed by atoms with Gasteiger partial charge in [-0.2, -0.15) is 0 Å². The van der Waals surface area contributed by atoms with E-state index in [1.165, 1.54) is 36.0 Å². The van der Waals surface area contributed by atoms with Crippen LogP contribution in [0.1, 0.15) is 35.4 Å². The van der Waals surface area contributed by atoms with Crippen molar-refractivity contribution < 1.29 is 4.74 Å². The van der Waals surface area contributed by atoms with Crippen LogP contribution in [0.5, 0.6) is 5.75 Å². The molecule has 0 bridgehead atoms. The molecule has 0 fully saturated rings. The zero-order valence-electron chi connectivity index (χ0n) is 11.3. The van der Waals surface area contributed by atoms with E-state index in [1.807, 2.05) is 12.4 Å². The molecule has 1 aromatic heterocycles. The Labute approximate surface area is 114 Å². The molecule has 1 unspecified atom stereocenters. The van der Waals surface area contributed by atoms with Gasteiger partial charge < -0.3 is 4.74 Å². The predicted molar refractivity (Wildman–Crippen MR) is 76.6 cm³/mol. The van der Waals surface area contributed by atoms with Gasteiger partial charge in [-0.15, -0.1) is 0 Å². The molecule has 2 aromatic rings. The molecule has 1 atom stereocenters. The van der Waals surface area contributed by atoms with Crippen molar-refractivity contribution in [1.29, 1.82) is 0 Å². The van der Waals surface area contributed by atoms with Crippen LogP contribution in [0.3, 0.4) is 0 Å². The van der Waals surface area contributed by atoms with Gasteiger partial charge in [0.2, 0.25) is 0 Å². The fourth-order valence-electron chi connectivity index (χ4n) is 3.03. The molecule has 2 heteroatoms. The summed E-state index contributed by atoms with van der Waals surface area (Å²) in [5, 5.41) is 0. The number of fused-ring (bicyclic) bond motifs is 1. The van der Waals surface area contributed by atoms with E-state index < -0.39 is 0 Å². The molecule has 2 nitrogen and oxygen atoms in total. The lowest BCUT2D eigenvalue weighted by Crippen LogP contribution is -2.12. The van der Waals surface area contributed by atoms with Crippen LogP contribution in [0.4, 0.5) is 0 Å². The van der Waals surface area contributed by atoms with Gasteiger partial charge in [-0.25, -0.2) is 0 Å². The fourth-order valence-corrected chi connectivity index (χ4v) is 3.03. The van der Waals surface area contributed by atoms with E-state index >= 15 is 0 Å². The van der Waals surface area contributed by atoms with E-state index in [-0.39, 0.29) is 0 Å². The first-order valence-corrected chi connectivity index (χ1v) is 6.92. The van der Waals surface area contributed by atoms with Gasteiger partial charge in [0.1, 0.15) is 5.75 Å². The van der Waals surface area contributed by atoms with Gasteiger partial charge in [-0.3, -0.25) is 4.98 Å². The summed E-state index contributed by atoms with van der Waals surface area (Å²) in [7, 11) is 1.74. The number of ether oxygens (including phenoxy) is 1. The standard InChI is InChI=1S/C17H19NO/c1-19-16-5-6-17-14(3-2-4-15(17)12-16)11-13-7-9-18-10-8-13/h5-10,12,14H,2-4,11H2,1H3. The van der Waals surface area contributed by atoms with Gasteiger partial charge in [-0.1, -0.05) is 6.07 Å². The van der Waals surface area contributed by atoms with Crippen LogP contribution in [0.25, 0.3) is 0 Å². The number of methoxy groups -OCH3 is 1. The molecule has 0 aliphatic heterocycles. The molecule has 0 saturated heterocycles. The Bertz CT molecular complexity index is 550. The Morgan fingerprint density at radius 3 is 2.84 bits per heavy atom. The summed E-state index contributed by atoms with van der Waals surface area (Å²) < 4.78 is 5.33. The van der Waals surface area contributed by atoms with Crippen molar-refractivity contribution in [3.63, 3.8) is 0 Å². The van der Waals surface area contributed by atoms with E-state index in [1.54, 1.807) is 7.11 Å². The van der Waals surface area contributed by atoms with Crippen LogP contribution in [0.15, 0.2) is 42.7 Å². The van der Waals surface area contributed by atoms with Crippen LogP contribution in [-0.4, -0.2) is 12.1 Å². The minimum absolute atomic E-state index is 0.636. The van der Waals surface area contributed by atoms with Gasteiger partial charge >= 0.3 is 0 Å². The lowest BCUT2D eigenvalue weighted by atomic mass is 9.79. The first kappa shape index (κ1) is 12.2. The van der Waals surface area contributed by atoms with Crippen molar-refractivity contribution in [2.75, 3.05) is 7.11 Å². The highest BCUT2D eigenvalue weighted by Crippen LogP contribution is 2.35. The van der Waals surface area contributed by atoms with Crippen molar-refractivity contribution in [3.8, 4) is 5.75 Å². The van der Waals surface area contributed by atoms with Crippen molar-refractivity contribution >= 4 is 0 Å². The first-order chi connectivity index (χ1) is 9.36. The average Bonchev–Trinajstić information content (AvgIpc) is 2.48. The Kier molecular flexibility index (Phi) is 3.49. The van der Waals surface area contributed by atoms with Crippen LogP contribution in [0, 0.1) is 0 Å². The molecular formula is C17H19NO. The van der Waals surface area contributed by atoms with E-state index in [0.29, 0.717) is 5.92 Å². The molecule has 0 amide bonds. The molecular weight excluding hydrogens is 234 g/mol. The molecule has 1 aliphatic carbocycles. The predicted octanol–water partition coefficient (Wildman–Crippen LogP) is 3.75. The SMILES string of the molecule is COc1ccc2c(c1)CCCC2Cc1ccncc1. The van der Waals surface area contributed by atoms with Gasteiger partial charge in [0.05, 0.1) is 7.11 Å². The lowest BCUT2D eigenvalue weighted by molar-refractivity contribution is 0.413. The molecule has 0 radical (unpaired) electrons. The summed E-state index contributed by atoms with van der Waals surface area (Å²) in [4.78, 5) is 4.09. The van der Waals surface area contributed by atoms with Crippen molar-refractivity contribution in [2.45, 2.75) is 31.6 Å². The molecule has 1 heterocycles. The molecule has 3 rings (SSSR count). The second-order valence-corrected chi connectivity index (χ2v) is 5.21. The van der Waals surface area contributed by atoms with Crippen molar-refractivity contribution in [3.05, 3.63) is 59.4 Å². The molecule has 1 aromatic carbocycles. The monoisotopic (exact) mass is 253 g/mol. The molecule has 1 aliphatic rings. The summed E-state index contributed by atoms with van der Waals surface area (Å²) >= 11 is 0. The largest absolute Gasteiger partial charge is 0.497 e. The van der Waals surface area contributed by atoms with Crippen LogP contribution in [0.2, 0.25) is 0 Å². The number of hydrogen-bond donors (Lipinski definition) is 0. The van der Waals surface area contributed by atoms with Gasteiger partial charge in [0.25, 0.3) is 0 Å². The van der Waals surface area contributed by atoms with E-state index in [2.05, 4.69) is 35.3 Å². The zero-order chi connectivity index (χ0) is 13.1. The summed E-state index contributed by atoms with van der Waals surface area (Å²) in [6, 6.07) is 10.8. The number of hydrogen-bond acceptors (Lipinski definition) is 2. The molecule has 0 spiro atoms. The van der Waals surface area contributed by atoms with Gasteiger partial charge in [-0.05, 0) is 72.6 Å². The van der Waals surface area contributed by atoms with Gasteiger partial charge in [0.15, 0.2) is 0 Å². The van der Waals surface area contributed by atoms with Crippen LogP contribution < -0.4 is 4.74 Å². The first-order valence-electron chi connectivity index (χ1n) is 6.92. The maximum atomic E-state index is 5.33. The van der Waals surface area contributed by atoms with E-state index in [4.69, 9.17) is 4.74 Å². The minimum atomic E-state index is 0.636. The quantitative estimate of drug-likeness (QED) is 0.831. The second-order valence-electron chi connectivity index (χ2n) is 5.21. The number of aryl methyl sites for hydroxylation is 1. The van der Waals surface area contributed by atoms with Crippen LogP contribution >= 0.6 is 0 Å². The van der Waals surface area contributed by atoms with Crippen molar-refractivity contribution in [1.82, 2.24) is 4.98 Å². The Balaban J connectivity index is 1.86. The zero-order valence-corrected chi connectivity index (χ0v) is 11.3. The highest BCUT2D eigenvalue weighted by atomic mass is 16.5. The Morgan fingerprint density at radius 1 is 1.21 bits per heavy atom. The number of pyridine rings is 1. The maximum absolute atomic E-state index is 5.33. The number of nitrogens with zero attached hydrogens (tertiary/aromatic N) is 1. The summed E-state index contributed by atoms with van der Waals surface area (Å²) in [5.41, 5.74) is 4.34. The highest BCUT2D eigenvalue weighted by molar-refractivity contribution is 5.40. The average molecular weight is 253 g/mol. The third-order valence-corrected chi connectivity index (χ3v) is 4.02. The smallest absolute Gasteiger partial charge is 0.119 e. The third-order valence-electron chi connectivity index (χ3n) is 4.02. The maximum Gasteiger partial charge on any atom is 0.119 e. The lowest BCUT2D eigenvalue weighted by Gasteiger charge is -2.26. The normalized spacial score (nSPS) is 17.8. The highest BCUT2D eigenvalue weighted by Gasteiger charge is 2.20. The van der Waals surface area contributed by atoms with Crippen LogP contribution in [-0.2, 0) is 12.8 Å². The third kappa shape index (κ3) is 2.62. The number of benzene rings is 1. The summed E-state index contributed by atoms with van der Waals surface area (Å²) in [6.07, 6.45) is 8.61. The Morgan fingerprint density at radius 2 is 2.05 bits per heavy atom.